The van der Waals surface area contributed by atoms with Crippen LogP contribution in [0.2, 0.25) is 0 Å². The number of likely N-dealkylation sites (tertiary alicyclic amines) is 1. The number of aliphatic hydroxyl groups excluding tert-OH is 1. The van der Waals surface area contributed by atoms with Crippen LogP contribution in [-0.2, 0) is 11.8 Å². The summed E-state index contributed by atoms with van der Waals surface area (Å²) in [6, 6.07) is 6.40. The van der Waals surface area contributed by atoms with Crippen molar-refractivity contribution in [3.63, 3.8) is 0 Å². The van der Waals surface area contributed by atoms with Crippen LogP contribution in [0.5, 0.6) is 5.75 Å². The van der Waals surface area contributed by atoms with Gasteiger partial charge in [-0.3, -0.25) is 0 Å². The quantitative estimate of drug-likeness (QED) is 0.825. The maximum atomic E-state index is 11.7. The van der Waals surface area contributed by atoms with Gasteiger partial charge in [0.2, 0.25) is 0 Å². The number of hydrogen-bond donors (Lipinski definition) is 2. The van der Waals surface area contributed by atoms with E-state index in [1.54, 1.807) is 7.11 Å². The highest BCUT2D eigenvalue weighted by Gasteiger charge is 2.63. The molecule has 1 aliphatic heterocycles. The van der Waals surface area contributed by atoms with Crippen LogP contribution in [0.1, 0.15) is 36.8 Å². The van der Waals surface area contributed by atoms with Crippen LogP contribution in [0.15, 0.2) is 18.2 Å². The van der Waals surface area contributed by atoms with Gasteiger partial charge in [0.05, 0.1) is 18.8 Å². The zero-order valence-electron chi connectivity index (χ0n) is 13.4. The first-order valence-electron chi connectivity index (χ1n) is 8.28. The number of methoxy groups -OCH3 is 1. The van der Waals surface area contributed by atoms with Gasteiger partial charge in [-0.15, -0.1) is 0 Å². The van der Waals surface area contributed by atoms with Crippen molar-refractivity contribution in [3.05, 3.63) is 29.3 Å². The summed E-state index contributed by atoms with van der Waals surface area (Å²) in [6.45, 7) is 0.969. The Bertz CT molecular complexity index is 604. The first-order chi connectivity index (χ1) is 10.5. The number of hydrogen-bond acceptors (Lipinski definition) is 4. The molecule has 1 heterocycles. The summed E-state index contributed by atoms with van der Waals surface area (Å²) >= 11 is 0. The minimum absolute atomic E-state index is 0.148. The standard InChI is InChI=1S/C18H25NO3/c1-19-8-7-17-11-13(20)5-6-18(17,21)16(19)9-12-3-4-14(22-2)10-15(12)17/h3-4,10,13,16,20-21H,5-9,11H2,1-2H3/t13-,16+,17+,18-/m1/s1. The second kappa shape index (κ2) is 4.70. The van der Waals surface area contributed by atoms with Crippen molar-refractivity contribution in [2.45, 2.75) is 55.3 Å². The van der Waals surface area contributed by atoms with Crippen LogP contribution >= 0.6 is 0 Å². The minimum atomic E-state index is -0.738. The maximum absolute atomic E-state index is 11.7. The molecule has 2 bridgehead atoms. The third-order valence-electron chi connectivity index (χ3n) is 6.49. The van der Waals surface area contributed by atoms with E-state index < -0.39 is 5.60 Å². The summed E-state index contributed by atoms with van der Waals surface area (Å²) < 4.78 is 5.42. The second-order valence-corrected chi connectivity index (χ2v) is 7.38. The molecular weight excluding hydrogens is 278 g/mol. The van der Waals surface area contributed by atoms with Crippen LogP contribution in [0.25, 0.3) is 0 Å². The van der Waals surface area contributed by atoms with E-state index in [-0.39, 0.29) is 17.6 Å². The van der Waals surface area contributed by atoms with E-state index in [2.05, 4.69) is 24.1 Å². The molecule has 3 aliphatic rings. The fraction of sp³-hybridized carbons (Fsp3) is 0.667. The highest BCUT2D eigenvalue weighted by atomic mass is 16.5. The van der Waals surface area contributed by atoms with Gasteiger partial charge in [0.1, 0.15) is 5.75 Å². The van der Waals surface area contributed by atoms with Crippen molar-refractivity contribution >= 4 is 0 Å². The third kappa shape index (κ3) is 1.69. The zero-order valence-corrected chi connectivity index (χ0v) is 13.4. The molecule has 4 heteroatoms. The molecule has 0 aromatic heterocycles. The van der Waals surface area contributed by atoms with Crippen molar-refractivity contribution in [2.24, 2.45) is 0 Å². The largest absolute Gasteiger partial charge is 0.497 e. The molecular formula is C18H25NO3. The molecule has 2 N–H and O–H groups in total. The number of rotatable bonds is 1. The summed E-state index contributed by atoms with van der Waals surface area (Å²) in [7, 11) is 3.80. The summed E-state index contributed by atoms with van der Waals surface area (Å²) in [5.41, 5.74) is 1.44. The molecule has 0 radical (unpaired) electrons. The second-order valence-electron chi connectivity index (χ2n) is 7.38. The normalized spacial score (nSPS) is 40.7. The highest BCUT2D eigenvalue weighted by Crippen LogP contribution is 2.58. The fourth-order valence-electron chi connectivity index (χ4n) is 5.32. The third-order valence-corrected chi connectivity index (χ3v) is 6.49. The number of likely N-dealkylation sites (N-methyl/N-ethyl adjacent to an activating group) is 1. The summed E-state index contributed by atoms with van der Waals surface area (Å²) in [5, 5.41) is 22.0. The maximum Gasteiger partial charge on any atom is 0.119 e. The SMILES string of the molecule is COc1ccc2c(c1)[C@@]13CCN(C)[C@@H](C2)[C@]1(O)CC[C@@H](O)C3. The Hall–Kier alpha value is -1.10. The Kier molecular flexibility index (Phi) is 3.09. The molecule has 0 unspecified atom stereocenters. The number of benzene rings is 1. The molecule has 4 atom stereocenters. The molecule has 1 saturated carbocycles. The van der Waals surface area contributed by atoms with Crippen LogP contribution in [0.3, 0.4) is 0 Å². The fourth-order valence-corrected chi connectivity index (χ4v) is 5.32. The summed E-state index contributed by atoms with van der Waals surface area (Å²) in [5.74, 6) is 0.841. The van der Waals surface area contributed by atoms with Gasteiger partial charge in [-0.2, -0.15) is 0 Å². The molecule has 4 nitrogen and oxygen atoms in total. The first-order valence-corrected chi connectivity index (χ1v) is 8.28. The molecule has 2 fully saturated rings. The number of nitrogens with zero attached hydrogens (tertiary/aromatic N) is 1. The predicted octanol–water partition coefficient (Wildman–Crippen LogP) is 1.47. The van der Waals surface area contributed by atoms with Crippen LogP contribution < -0.4 is 4.74 Å². The molecule has 4 rings (SSSR count). The lowest BCUT2D eigenvalue weighted by molar-refractivity contribution is -0.177. The van der Waals surface area contributed by atoms with Crippen molar-refractivity contribution in [2.75, 3.05) is 20.7 Å². The average Bonchev–Trinajstić information content (AvgIpc) is 2.51. The van der Waals surface area contributed by atoms with Crippen molar-refractivity contribution < 1.29 is 14.9 Å². The van der Waals surface area contributed by atoms with Gasteiger partial charge in [0.15, 0.2) is 0 Å². The van der Waals surface area contributed by atoms with Gasteiger partial charge in [0, 0.05) is 11.5 Å². The summed E-state index contributed by atoms with van der Waals surface area (Å²) in [6.07, 6.45) is 3.50. The van der Waals surface area contributed by atoms with Gasteiger partial charge in [0.25, 0.3) is 0 Å². The Morgan fingerprint density at radius 3 is 2.91 bits per heavy atom. The Balaban J connectivity index is 1.94. The first kappa shape index (κ1) is 14.5. The van der Waals surface area contributed by atoms with E-state index >= 15 is 0 Å². The van der Waals surface area contributed by atoms with E-state index in [0.717, 1.165) is 25.1 Å². The zero-order chi connectivity index (χ0) is 15.5. The van der Waals surface area contributed by atoms with Crippen molar-refractivity contribution in [1.82, 2.24) is 4.90 Å². The number of piperidine rings is 1. The minimum Gasteiger partial charge on any atom is -0.497 e. The molecule has 0 spiro atoms. The smallest absolute Gasteiger partial charge is 0.119 e. The van der Waals surface area contributed by atoms with Crippen LogP contribution in [0, 0.1) is 0 Å². The number of aliphatic hydroxyl groups is 2. The molecule has 0 amide bonds. The number of fused-ring (bicyclic) bond motifs is 1. The molecule has 1 saturated heterocycles. The van der Waals surface area contributed by atoms with Gasteiger partial charge < -0.3 is 19.8 Å². The molecule has 120 valence electrons. The molecule has 1 aromatic rings. The predicted molar refractivity (Wildman–Crippen MR) is 84.2 cm³/mol. The van der Waals surface area contributed by atoms with Gasteiger partial charge in [-0.05, 0) is 69.0 Å². The topological polar surface area (TPSA) is 52.9 Å². The monoisotopic (exact) mass is 303 g/mol. The van der Waals surface area contributed by atoms with E-state index in [0.29, 0.717) is 19.3 Å². The van der Waals surface area contributed by atoms with Crippen molar-refractivity contribution in [1.29, 1.82) is 0 Å². The molecule has 2 aliphatic carbocycles. The lowest BCUT2D eigenvalue weighted by atomic mass is 9.49. The van der Waals surface area contributed by atoms with E-state index in [1.807, 2.05) is 6.07 Å². The van der Waals surface area contributed by atoms with Crippen molar-refractivity contribution in [3.8, 4) is 5.75 Å². The Morgan fingerprint density at radius 2 is 2.14 bits per heavy atom. The van der Waals surface area contributed by atoms with Crippen LogP contribution in [0.4, 0.5) is 0 Å². The molecule has 1 aromatic carbocycles. The Morgan fingerprint density at radius 1 is 1.32 bits per heavy atom. The van der Waals surface area contributed by atoms with E-state index in [4.69, 9.17) is 4.74 Å². The number of ether oxygens (including phenoxy) is 1. The van der Waals surface area contributed by atoms with Crippen LogP contribution in [-0.4, -0.2) is 53.6 Å². The summed E-state index contributed by atoms with van der Waals surface area (Å²) in [4.78, 5) is 2.31. The van der Waals surface area contributed by atoms with E-state index in [9.17, 15) is 10.2 Å². The highest BCUT2D eigenvalue weighted by molar-refractivity contribution is 5.48. The molecule has 22 heavy (non-hydrogen) atoms. The van der Waals surface area contributed by atoms with Gasteiger partial charge in [-0.25, -0.2) is 0 Å². The Labute approximate surface area is 131 Å². The van der Waals surface area contributed by atoms with Gasteiger partial charge >= 0.3 is 0 Å². The lowest BCUT2D eigenvalue weighted by Gasteiger charge is -2.64. The lowest BCUT2D eigenvalue weighted by Crippen LogP contribution is -2.72. The van der Waals surface area contributed by atoms with E-state index in [1.165, 1.54) is 11.1 Å². The van der Waals surface area contributed by atoms with Gasteiger partial charge in [-0.1, -0.05) is 6.07 Å². The average molecular weight is 303 g/mol.